The van der Waals surface area contributed by atoms with E-state index >= 15 is 0 Å². The van der Waals surface area contributed by atoms with E-state index in [0.717, 1.165) is 16.8 Å². The van der Waals surface area contributed by atoms with Gasteiger partial charge in [-0.2, -0.15) is 0 Å². The molecule has 2 nitrogen and oxygen atoms in total. The number of aromatic nitrogens is 2. The molecular weight excluding hydrogens is 287 g/mol. The van der Waals surface area contributed by atoms with Crippen LogP contribution in [0.3, 0.4) is 0 Å². The lowest BCUT2D eigenvalue weighted by molar-refractivity contribution is 0.636. The van der Waals surface area contributed by atoms with Gasteiger partial charge in [-0.1, -0.05) is 66.7 Å². The highest BCUT2D eigenvalue weighted by atomic mass is 19.1. The van der Waals surface area contributed by atoms with E-state index in [1.807, 2.05) is 60.7 Å². The summed E-state index contributed by atoms with van der Waals surface area (Å²) in [5.41, 5.74) is 4.19. The Hall–Kier alpha value is -3.07. The van der Waals surface area contributed by atoms with Crippen molar-refractivity contribution >= 4 is 11.0 Å². The third-order valence-electron chi connectivity index (χ3n) is 3.74. The third-order valence-corrected chi connectivity index (χ3v) is 3.74. The first-order valence-corrected chi connectivity index (χ1v) is 7.40. The highest BCUT2D eigenvalue weighted by molar-refractivity contribution is 5.86. The van der Waals surface area contributed by atoms with E-state index in [1.54, 1.807) is 12.1 Å². The topological polar surface area (TPSA) is 25.8 Å². The standard InChI is InChI=1S/C20H13FN2/c21-16-12-7-13-17-20(16)23-19(15-10-5-2-6-11-15)18(22-17)14-8-3-1-4-9-14/h1-13H. The Morgan fingerprint density at radius 1 is 0.565 bits per heavy atom. The van der Waals surface area contributed by atoms with Crippen molar-refractivity contribution in [3.8, 4) is 22.5 Å². The van der Waals surface area contributed by atoms with Crippen LogP contribution in [0.25, 0.3) is 33.5 Å². The summed E-state index contributed by atoms with van der Waals surface area (Å²) in [6.07, 6.45) is 0. The summed E-state index contributed by atoms with van der Waals surface area (Å²) in [5.74, 6) is -0.355. The molecule has 0 bridgehead atoms. The van der Waals surface area contributed by atoms with Gasteiger partial charge in [-0.05, 0) is 12.1 Å². The average molecular weight is 300 g/mol. The second-order valence-electron chi connectivity index (χ2n) is 5.26. The summed E-state index contributed by atoms with van der Waals surface area (Å²) in [6.45, 7) is 0. The first kappa shape index (κ1) is 13.6. The number of fused-ring (bicyclic) bond motifs is 1. The summed E-state index contributed by atoms with van der Waals surface area (Å²) in [6, 6.07) is 24.5. The zero-order valence-electron chi connectivity index (χ0n) is 12.3. The maximum atomic E-state index is 14.1. The minimum atomic E-state index is -0.355. The molecule has 1 heterocycles. The summed E-state index contributed by atoms with van der Waals surface area (Å²) in [7, 11) is 0. The van der Waals surface area contributed by atoms with Crippen molar-refractivity contribution in [2.24, 2.45) is 0 Å². The largest absolute Gasteiger partial charge is 0.244 e. The Labute approximate surface area is 133 Å². The van der Waals surface area contributed by atoms with Crippen LogP contribution in [0, 0.1) is 5.82 Å². The van der Waals surface area contributed by atoms with Gasteiger partial charge < -0.3 is 0 Å². The van der Waals surface area contributed by atoms with Crippen LogP contribution >= 0.6 is 0 Å². The molecule has 0 aliphatic rings. The highest BCUT2D eigenvalue weighted by Gasteiger charge is 2.14. The average Bonchev–Trinajstić information content (AvgIpc) is 2.63. The maximum absolute atomic E-state index is 14.1. The molecule has 3 heteroatoms. The Morgan fingerprint density at radius 3 is 1.74 bits per heavy atom. The molecule has 0 atom stereocenters. The fourth-order valence-electron chi connectivity index (χ4n) is 2.64. The van der Waals surface area contributed by atoms with Crippen molar-refractivity contribution in [2.75, 3.05) is 0 Å². The minimum Gasteiger partial charge on any atom is -0.244 e. The molecule has 23 heavy (non-hydrogen) atoms. The van der Waals surface area contributed by atoms with Crippen molar-refractivity contribution < 1.29 is 4.39 Å². The lowest BCUT2D eigenvalue weighted by atomic mass is 10.0. The van der Waals surface area contributed by atoms with Gasteiger partial charge in [0, 0.05) is 11.1 Å². The van der Waals surface area contributed by atoms with Crippen molar-refractivity contribution in [1.29, 1.82) is 0 Å². The summed E-state index contributed by atoms with van der Waals surface area (Å²) < 4.78 is 14.1. The number of nitrogens with zero attached hydrogens (tertiary/aromatic N) is 2. The predicted octanol–water partition coefficient (Wildman–Crippen LogP) is 5.10. The molecular formula is C20H13FN2. The van der Waals surface area contributed by atoms with E-state index in [-0.39, 0.29) is 5.82 Å². The Morgan fingerprint density at radius 2 is 1.13 bits per heavy atom. The van der Waals surface area contributed by atoms with Crippen LogP contribution in [0.2, 0.25) is 0 Å². The van der Waals surface area contributed by atoms with Gasteiger partial charge in [0.2, 0.25) is 0 Å². The molecule has 0 aliphatic heterocycles. The number of benzene rings is 3. The molecule has 0 N–H and O–H groups in total. The van der Waals surface area contributed by atoms with E-state index < -0.39 is 0 Å². The third kappa shape index (κ3) is 2.46. The molecule has 4 aromatic rings. The van der Waals surface area contributed by atoms with Crippen LogP contribution in [0.5, 0.6) is 0 Å². The zero-order valence-corrected chi connectivity index (χ0v) is 12.3. The van der Waals surface area contributed by atoms with E-state index in [1.165, 1.54) is 6.07 Å². The molecule has 0 fully saturated rings. The van der Waals surface area contributed by atoms with E-state index in [2.05, 4.69) is 9.97 Å². The number of hydrogen-bond donors (Lipinski definition) is 0. The van der Waals surface area contributed by atoms with Crippen molar-refractivity contribution in [3.05, 3.63) is 84.7 Å². The quantitative estimate of drug-likeness (QED) is 0.514. The van der Waals surface area contributed by atoms with Gasteiger partial charge in [-0.25, -0.2) is 14.4 Å². The summed E-state index contributed by atoms with van der Waals surface area (Å²) in [4.78, 5) is 9.26. The molecule has 1 aromatic heterocycles. The molecule has 0 unspecified atom stereocenters. The fourth-order valence-corrected chi connectivity index (χ4v) is 2.64. The molecule has 0 saturated carbocycles. The SMILES string of the molecule is Fc1cccc2nc(-c3ccccc3)c(-c3ccccc3)nc12. The van der Waals surface area contributed by atoms with E-state index in [0.29, 0.717) is 16.7 Å². The Bertz CT molecular complexity index is 967. The van der Waals surface area contributed by atoms with Crippen LogP contribution < -0.4 is 0 Å². The number of rotatable bonds is 2. The molecule has 0 saturated heterocycles. The van der Waals surface area contributed by atoms with Gasteiger partial charge in [0.1, 0.15) is 5.52 Å². The Kier molecular flexibility index (Phi) is 3.31. The van der Waals surface area contributed by atoms with Crippen molar-refractivity contribution in [3.63, 3.8) is 0 Å². The van der Waals surface area contributed by atoms with Crippen molar-refractivity contribution in [2.45, 2.75) is 0 Å². The molecule has 0 amide bonds. The normalized spacial score (nSPS) is 10.8. The lowest BCUT2D eigenvalue weighted by Gasteiger charge is -2.10. The van der Waals surface area contributed by atoms with Gasteiger partial charge in [0.25, 0.3) is 0 Å². The Balaban J connectivity index is 2.07. The molecule has 0 radical (unpaired) electrons. The van der Waals surface area contributed by atoms with E-state index in [9.17, 15) is 4.39 Å². The highest BCUT2D eigenvalue weighted by Crippen LogP contribution is 2.31. The minimum absolute atomic E-state index is 0.297. The van der Waals surface area contributed by atoms with Crippen LogP contribution in [0.4, 0.5) is 4.39 Å². The second-order valence-corrected chi connectivity index (χ2v) is 5.26. The first-order valence-electron chi connectivity index (χ1n) is 7.40. The lowest BCUT2D eigenvalue weighted by Crippen LogP contribution is -1.96. The monoisotopic (exact) mass is 300 g/mol. The second kappa shape index (κ2) is 5.61. The molecule has 3 aromatic carbocycles. The van der Waals surface area contributed by atoms with Gasteiger partial charge in [-0.3, -0.25) is 0 Å². The van der Waals surface area contributed by atoms with E-state index in [4.69, 9.17) is 0 Å². The van der Waals surface area contributed by atoms with Gasteiger partial charge in [0.05, 0.1) is 16.9 Å². The van der Waals surface area contributed by atoms with Gasteiger partial charge in [-0.15, -0.1) is 0 Å². The van der Waals surface area contributed by atoms with Crippen LogP contribution in [-0.4, -0.2) is 9.97 Å². The molecule has 110 valence electrons. The molecule has 0 spiro atoms. The van der Waals surface area contributed by atoms with Crippen molar-refractivity contribution in [1.82, 2.24) is 9.97 Å². The molecule has 0 aliphatic carbocycles. The van der Waals surface area contributed by atoms with Crippen LogP contribution in [0.1, 0.15) is 0 Å². The number of para-hydroxylation sites is 1. The van der Waals surface area contributed by atoms with Crippen LogP contribution in [0.15, 0.2) is 78.9 Å². The summed E-state index contributed by atoms with van der Waals surface area (Å²) in [5, 5.41) is 0. The fraction of sp³-hybridized carbons (Fsp3) is 0. The summed E-state index contributed by atoms with van der Waals surface area (Å²) >= 11 is 0. The molecule has 4 rings (SSSR count). The van der Waals surface area contributed by atoms with Gasteiger partial charge in [0.15, 0.2) is 5.82 Å². The zero-order chi connectivity index (χ0) is 15.6. The van der Waals surface area contributed by atoms with Crippen LogP contribution in [-0.2, 0) is 0 Å². The number of hydrogen-bond acceptors (Lipinski definition) is 2. The smallest absolute Gasteiger partial charge is 0.151 e. The number of halogens is 1. The predicted molar refractivity (Wildman–Crippen MR) is 90.4 cm³/mol. The first-order chi connectivity index (χ1) is 11.3. The van der Waals surface area contributed by atoms with Gasteiger partial charge >= 0.3 is 0 Å². The maximum Gasteiger partial charge on any atom is 0.151 e.